The summed E-state index contributed by atoms with van der Waals surface area (Å²) in [6.07, 6.45) is -4.67. The third-order valence-corrected chi connectivity index (χ3v) is 7.01. The van der Waals surface area contributed by atoms with Gasteiger partial charge in [0.25, 0.3) is 5.56 Å². The first-order valence-corrected chi connectivity index (χ1v) is 12.7. The number of para-hydroxylation sites is 1. The first kappa shape index (κ1) is 26.3. The number of hydrogen-bond donors (Lipinski definition) is 1. The molecule has 12 heteroatoms. The Kier molecular flexibility index (Phi) is 6.81. The first-order valence-electron chi connectivity index (χ1n) is 11.8. The molecule has 0 saturated carbocycles. The van der Waals surface area contributed by atoms with Gasteiger partial charge < -0.3 is 5.32 Å². The molecule has 200 valence electrons. The van der Waals surface area contributed by atoms with Crippen molar-refractivity contribution in [2.45, 2.75) is 33.0 Å². The number of amides is 1. The van der Waals surface area contributed by atoms with Crippen molar-refractivity contribution in [2.75, 3.05) is 0 Å². The molecule has 3 heterocycles. The Morgan fingerprint density at radius 2 is 1.85 bits per heavy atom. The number of rotatable bonds is 6. The van der Waals surface area contributed by atoms with Crippen molar-refractivity contribution in [1.82, 2.24) is 24.5 Å². The van der Waals surface area contributed by atoms with E-state index in [1.54, 1.807) is 43.5 Å². The van der Waals surface area contributed by atoms with Crippen LogP contribution < -0.4 is 10.9 Å². The standard InChI is InChI=1S/C27H21F4N5O2S/c1-15-10-21(34-36(15)22-9-4-3-8-20(22)28)24-16(2)33-26-35(25(24)38)19(14-39-26)12-23(37)32-13-17-6-5-7-18(11-17)27(29,30)31/h3-11,14H,12-13H2,1-2H3,(H,32,37). The van der Waals surface area contributed by atoms with E-state index in [0.717, 1.165) is 12.1 Å². The number of fused-ring (bicyclic) bond motifs is 1. The summed E-state index contributed by atoms with van der Waals surface area (Å²) in [6, 6.07) is 12.5. The van der Waals surface area contributed by atoms with Crippen LogP contribution in [-0.4, -0.2) is 25.1 Å². The molecule has 0 fully saturated rings. The molecule has 39 heavy (non-hydrogen) atoms. The maximum atomic E-state index is 14.4. The molecule has 0 aliphatic heterocycles. The zero-order valence-electron chi connectivity index (χ0n) is 20.7. The Balaban J connectivity index is 1.42. The monoisotopic (exact) mass is 555 g/mol. The predicted octanol–water partition coefficient (Wildman–Crippen LogP) is 5.24. The van der Waals surface area contributed by atoms with Crippen LogP contribution in [0.25, 0.3) is 21.9 Å². The van der Waals surface area contributed by atoms with Crippen molar-refractivity contribution in [1.29, 1.82) is 0 Å². The average Bonchev–Trinajstić information content (AvgIpc) is 3.45. The minimum Gasteiger partial charge on any atom is -0.352 e. The topological polar surface area (TPSA) is 81.3 Å². The summed E-state index contributed by atoms with van der Waals surface area (Å²) in [5.74, 6) is -0.936. The highest BCUT2D eigenvalue weighted by Gasteiger charge is 2.30. The van der Waals surface area contributed by atoms with Gasteiger partial charge in [0.2, 0.25) is 5.91 Å². The van der Waals surface area contributed by atoms with Crippen molar-refractivity contribution < 1.29 is 22.4 Å². The number of halogens is 4. The van der Waals surface area contributed by atoms with Gasteiger partial charge in [-0.15, -0.1) is 11.3 Å². The van der Waals surface area contributed by atoms with E-state index in [1.165, 1.54) is 38.6 Å². The van der Waals surface area contributed by atoms with Crippen LogP contribution in [0.4, 0.5) is 17.6 Å². The Morgan fingerprint density at radius 1 is 1.08 bits per heavy atom. The summed E-state index contributed by atoms with van der Waals surface area (Å²) in [6.45, 7) is 3.32. The number of carbonyl (C=O) groups excluding carboxylic acids is 1. The predicted molar refractivity (Wildman–Crippen MR) is 138 cm³/mol. The maximum absolute atomic E-state index is 14.4. The van der Waals surface area contributed by atoms with Crippen molar-refractivity contribution >= 4 is 22.2 Å². The highest BCUT2D eigenvalue weighted by molar-refractivity contribution is 7.15. The highest BCUT2D eigenvalue weighted by atomic mass is 32.1. The van der Waals surface area contributed by atoms with E-state index in [4.69, 9.17) is 0 Å². The van der Waals surface area contributed by atoms with Crippen LogP contribution in [-0.2, 0) is 23.9 Å². The van der Waals surface area contributed by atoms with Gasteiger partial charge in [0.05, 0.1) is 23.2 Å². The van der Waals surface area contributed by atoms with Gasteiger partial charge in [-0.2, -0.15) is 18.3 Å². The van der Waals surface area contributed by atoms with Crippen molar-refractivity contribution in [3.63, 3.8) is 0 Å². The van der Waals surface area contributed by atoms with E-state index in [0.29, 0.717) is 33.3 Å². The minimum absolute atomic E-state index is 0.102. The largest absolute Gasteiger partial charge is 0.416 e. The van der Waals surface area contributed by atoms with Gasteiger partial charge in [-0.3, -0.25) is 14.0 Å². The van der Waals surface area contributed by atoms with Crippen molar-refractivity contribution in [2.24, 2.45) is 0 Å². The fourth-order valence-corrected chi connectivity index (χ4v) is 5.20. The summed E-state index contributed by atoms with van der Waals surface area (Å²) in [4.78, 5) is 31.2. The van der Waals surface area contributed by atoms with Crippen LogP contribution in [0.2, 0.25) is 0 Å². The molecule has 0 bridgehead atoms. The Bertz CT molecular complexity index is 1770. The van der Waals surface area contributed by atoms with Crippen LogP contribution >= 0.6 is 11.3 Å². The lowest BCUT2D eigenvalue weighted by atomic mass is 10.1. The minimum atomic E-state index is -4.48. The molecule has 0 unspecified atom stereocenters. The zero-order valence-corrected chi connectivity index (χ0v) is 21.5. The molecule has 3 aromatic heterocycles. The van der Waals surface area contributed by atoms with Gasteiger partial charge >= 0.3 is 6.18 Å². The number of aryl methyl sites for hydroxylation is 2. The van der Waals surface area contributed by atoms with E-state index in [1.807, 2.05) is 0 Å². The van der Waals surface area contributed by atoms with Crippen LogP contribution in [0.3, 0.4) is 0 Å². The summed E-state index contributed by atoms with van der Waals surface area (Å²) < 4.78 is 56.0. The molecular weight excluding hydrogens is 534 g/mol. The number of nitrogens with one attached hydrogen (secondary N) is 1. The van der Waals surface area contributed by atoms with E-state index >= 15 is 0 Å². The fraction of sp³-hybridized carbons (Fsp3) is 0.185. The molecule has 0 saturated heterocycles. The zero-order chi connectivity index (χ0) is 27.9. The van der Waals surface area contributed by atoms with E-state index < -0.39 is 29.0 Å². The van der Waals surface area contributed by atoms with Gasteiger partial charge in [0.15, 0.2) is 4.96 Å². The number of nitrogens with zero attached hydrogens (tertiary/aromatic N) is 4. The molecule has 1 N–H and O–H groups in total. The quantitative estimate of drug-likeness (QED) is 0.291. The van der Waals surface area contributed by atoms with Gasteiger partial charge in [0, 0.05) is 23.3 Å². The second kappa shape index (κ2) is 10.1. The lowest BCUT2D eigenvalue weighted by Crippen LogP contribution is -2.27. The number of benzene rings is 2. The lowest BCUT2D eigenvalue weighted by molar-refractivity contribution is -0.137. The first-order chi connectivity index (χ1) is 18.5. The summed E-state index contributed by atoms with van der Waals surface area (Å²) in [5.41, 5.74) is 1.25. The number of alkyl halides is 3. The van der Waals surface area contributed by atoms with Crippen LogP contribution in [0.1, 0.15) is 28.2 Å². The van der Waals surface area contributed by atoms with Gasteiger partial charge in [-0.05, 0) is 49.7 Å². The van der Waals surface area contributed by atoms with Gasteiger partial charge in [-0.25, -0.2) is 14.1 Å². The molecule has 1 amide bonds. The molecule has 7 nitrogen and oxygen atoms in total. The number of aromatic nitrogens is 4. The molecule has 5 aromatic rings. The molecule has 0 aliphatic carbocycles. The normalized spacial score (nSPS) is 11.7. The van der Waals surface area contributed by atoms with Crippen molar-refractivity contribution in [3.05, 3.63) is 104 Å². The summed E-state index contributed by atoms with van der Waals surface area (Å²) in [5, 5.41) is 8.71. The third kappa shape index (κ3) is 5.19. The molecule has 0 radical (unpaired) electrons. The molecule has 0 atom stereocenters. The van der Waals surface area contributed by atoms with E-state index in [2.05, 4.69) is 15.4 Å². The van der Waals surface area contributed by atoms with Gasteiger partial charge in [-0.1, -0.05) is 24.3 Å². The molecule has 0 spiro atoms. The Morgan fingerprint density at radius 3 is 2.59 bits per heavy atom. The summed E-state index contributed by atoms with van der Waals surface area (Å²) >= 11 is 1.19. The van der Waals surface area contributed by atoms with Crippen LogP contribution in [0.5, 0.6) is 0 Å². The lowest BCUT2D eigenvalue weighted by Gasteiger charge is -2.10. The Hall–Kier alpha value is -4.32. The number of thiazole rings is 1. The van der Waals surface area contributed by atoms with Crippen LogP contribution in [0.15, 0.2) is 64.8 Å². The SMILES string of the molecule is Cc1nc2scc(CC(=O)NCc3cccc(C(F)(F)F)c3)n2c(=O)c1-c1cc(C)n(-c2ccccc2F)n1. The number of hydrogen-bond acceptors (Lipinski definition) is 5. The van der Waals surface area contributed by atoms with Crippen LogP contribution in [0, 0.1) is 19.7 Å². The van der Waals surface area contributed by atoms with E-state index in [-0.39, 0.29) is 24.2 Å². The molecule has 0 aliphatic rings. The van der Waals surface area contributed by atoms with Crippen molar-refractivity contribution in [3.8, 4) is 16.9 Å². The van der Waals surface area contributed by atoms with E-state index in [9.17, 15) is 27.2 Å². The fourth-order valence-electron chi connectivity index (χ4n) is 4.27. The summed E-state index contributed by atoms with van der Waals surface area (Å²) in [7, 11) is 0. The van der Waals surface area contributed by atoms with Gasteiger partial charge in [0.1, 0.15) is 17.2 Å². The smallest absolute Gasteiger partial charge is 0.352 e. The molecule has 5 rings (SSSR count). The maximum Gasteiger partial charge on any atom is 0.416 e. The second-order valence-corrected chi connectivity index (χ2v) is 9.74. The molecule has 2 aromatic carbocycles. The molecular formula is C27H21F4N5O2S. The highest BCUT2D eigenvalue weighted by Crippen LogP contribution is 2.29. The Labute approximate surface area is 223 Å². The average molecular weight is 556 g/mol. The second-order valence-electron chi connectivity index (χ2n) is 8.91. The third-order valence-electron chi connectivity index (χ3n) is 6.13. The number of carbonyl (C=O) groups is 1.